The molecular formula is C19H26F3N3O. The number of hydrogen-bond acceptors (Lipinski definition) is 2. The Balaban J connectivity index is 2.98. The van der Waals surface area contributed by atoms with Gasteiger partial charge < -0.3 is 0 Å². The quantitative estimate of drug-likeness (QED) is 0.480. The van der Waals surface area contributed by atoms with E-state index in [0.717, 1.165) is 17.7 Å². The molecule has 0 heterocycles. The number of halogens is 3. The van der Waals surface area contributed by atoms with Crippen molar-refractivity contribution in [3.63, 3.8) is 0 Å². The number of hydrazone groups is 1. The van der Waals surface area contributed by atoms with E-state index in [2.05, 4.69) is 5.10 Å². The van der Waals surface area contributed by atoms with Crippen molar-refractivity contribution in [2.75, 3.05) is 13.6 Å². The Morgan fingerprint density at radius 3 is 2.50 bits per heavy atom. The molecular weight excluding hydrogens is 343 g/mol. The molecule has 26 heavy (non-hydrogen) atoms. The van der Waals surface area contributed by atoms with Crippen molar-refractivity contribution in [1.82, 2.24) is 9.91 Å². The van der Waals surface area contributed by atoms with Crippen molar-refractivity contribution < 1.29 is 18.0 Å². The Kier molecular flexibility index (Phi) is 7.86. The van der Waals surface area contributed by atoms with Crippen molar-refractivity contribution >= 4 is 12.2 Å². The van der Waals surface area contributed by atoms with E-state index < -0.39 is 17.8 Å². The van der Waals surface area contributed by atoms with E-state index in [-0.39, 0.29) is 12.3 Å². The summed E-state index contributed by atoms with van der Waals surface area (Å²) in [7, 11) is 1.53. The maximum absolute atomic E-state index is 12.8. The van der Waals surface area contributed by atoms with Crippen LogP contribution in [0.1, 0.15) is 34.1 Å². The fourth-order valence-electron chi connectivity index (χ4n) is 2.12. The first-order valence-corrected chi connectivity index (χ1v) is 8.44. The predicted octanol–water partition coefficient (Wildman–Crippen LogP) is 5.28. The van der Waals surface area contributed by atoms with E-state index in [1.807, 2.05) is 33.8 Å². The number of carbonyl (C=O) groups excluding carboxylic acids is 1. The van der Waals surface area contributed by atoms with E-state index in [1.54, 1.807) is 12.3 Å². The second kappa shape index (κ2) is 9.40. The van der Waals surface area contributed by atoms with Gasteiger partial charge in [0.25, 0.3) is 0 Å². The predicted molar refractivity (Wildman–Crippen MR) is 98.6 cm³/mol. The SMILES string of the molecule is C/C=C(C)/C=N/N(CC(C)C)C(=O)N(C)C1=CCC=C(C(F)(F)F)C=C1. The van der Waals surface area contributed by atoms with Gasteiger partial charge in [-0.2, -0.15) is 18.3 Å². The summed E-state index contributed by atoms with van der Waals surface area (Å²) < 4.78 is 38.5. The standard InChI is InChI=1S/C19H26F3N3O/c1-6-15(4)12-23-25(13-14(2)3)18(26)24(5)17-9-7-8-16(10-11-17)19(20,21)22/h6,8-12,14H,7,13H2,1-5H3/b15-6+,23-12+. The Bertz CT molecular complexity index is 655. The van der Waals surface area contributed by atoms with Gasteiger partial charge >= 0.3 is 12.2 Å². The summed E-state index contributed by atoms with van der Waals surface area (Å²) in [5, 5.41) is 5.56. The van der Waals surface area contributed by atoms with Crippen LogP contribution in [-0.4, -0.2) is 41.9 Å². The summed E-state index contributed by atoms with van der Waals surface area (Å²) in [6, 6.07) is -0.398. The second-order valence-corrected chi connectivity index (χ2v) is 6.45. The molecule has 0 saturated carbocycles. The van der Waals surface area contributed by atoms with Crippen LogP contribution in [0.25, 0.3) is 0 Å². The highest BCUT2D eigenvalue weighted by Gasteiger charge is 2.32. The molecule has 0 fully saturated rings. The lowest BCUT2D eigenvalue weighted by Gasteiger charge is -2.26. The fraction of sp³-hybridized carbons (Fsp3) is 0.474. The molecule has 0 aliphatic heterocycles. The summed E-state index contributed by atoms with van der Waals surface area (Å²) in [5.41, 5.74) is 0.587. The first kappa shape index (κ1) is 21.7. The van der Waals surface area contributed by atoms with Gasteiger partial charge in [0.15, 0.2) is 0 Å². The van der Waals surface area contributed by atoms with Gasteiger partial charge in [0.2, 0.25) is 0 Å². The maximum atomic E-state index is 12.8. The van der Waals surface area contributed by atoms with Gasteiger partial charge in [-0.3, -0.25) is 4.90 Å². The van der Waals surface area contributed by atoms with E-state index in [9.17, 15) is 18.0 Å². The third-order valence-corrected chi connectivity index (χ3v) is 3.71. The lowest BCUT2D eigenvalue weighted by molar-refractivity contribution is -0.0883. The molecule has 144 valence electrons. The van der Waals surface area contributed by atoms with Gasteiger partial charge in [-0.1, -0.05) is 32.1 Å². The third-order valence-electron chi connectivity index (χ3n) is 3.71. The molecule has 0 unspecified atom stereocenters. The molecule has 0 N–H and O–H groups in total. The zero-order valence-electron chi connectivity index (χ0n) is 15.8. The van der Waals surface area contributed by atoms with E-state index in [4.69, 9.17) is 0 Å². The van der Waals surface area contributed by atoms with Gasteiger partial charge in [-0.25, -0.2) is 9.80 Å². The number of alkyl halides is 3. The molecule has 7 heteroatoms. The number of allylic oxidation sites excluding steroid dienone is 7. The molecule has 0 aromatic rings. The van der Waals surface area contributed by atoms with Crippen LogP contribution < -0.4 is 0 Å². The number of amides is 2. The highest BCUT2D eigenvalue weighted by molar-refractivity contribution is 5.81. The number of carbonyl (C=O) groups is 1. The molecule has 0 bridgehead atoms. The lowest BCUT2D eigenvalue weighted by atomic mass is 10.2. The maximum Gasteiger partial charge on any atom is 0.416 e. The van der Waals surface area contributed by atoms with Crippen molar-refractivity contribution in [2.24, 2.45) is 11.0 Å². The fourth-order valence-corrected chi connectivity index (χ4v) is 2.12. The van der Waals surface area contributed by atoms with Crippen molar-refractivity contribution in [3.8, 4) is 0 Å². The van der Waals surface area contributed by atoms with Crippen LogP contribution in [0.15, 0.2) is 52.3 Å². The number of rotatable bonds is 5. The van der Waals surface area contributed by atoms with Gasteiger partial charge in [0.05, 0.1) is 11.8 Å². The van der Waals surface area contributed by atoms with Crippen LogP contribution in [-0.2, 0) is 0 Å². The second-order valence-electron chi connectivity index (χ2n) is 6.45. The van der Waals surface area contributed by atoms with Crippen molar-refractivity contribution in [1.29, 1.82) is 0 Å². The van der Waals surface area contributed by atoms with Crippen LogP contribution in [0.2, 0.25) is 0 Å². The highest BCUT2D eigenvalue weighted by Crippen LogP contribution is 2.29. The smallest absolute Gasteiger partial charge is 0.296 e. The Labute approximate surface area is 153 Å². The minimum atomic E-state index is -4.40. The number of likely N-dealkylation sites (N-methyl/N-ethyl adjacent to an activating group) is 1. The zero-order valence-corrected chi connectivity index (χ0v) is 15.8. The Hall–Kier alpha value is -2.31. The van der Waals surface area contributed by atoms with Gasteiger partial charge in [0.1, 0.15) is 0 Å². The topological polar surface area (TPSA) is 35.9 Å². The van der Waals surface area contributed by atoms with Crippen molar-refractivity contribution in [3.05, 3.63) is 47.2 Å². The number of urea groups is 1. The zero-order chi connectivity index (χ0) is 19.9. The normalized spacial score (nSPS) is 15.8. The third kappa shape index (κ3) is 6.54. The largest absolute Gasteiger partial charge is 0.416 e. The summed E-state index contributed by atoms with van der Waals surface area (Å²) in [6.45, 7) is 8.06. The molecule has 2 amide bonds. The summed E-state index contributed by atoms with van der Waals surface area (Å²) in [6.07, 6.45) is 4.13. The number of hydrogen-bond donors (Lipinski definition) is 0. The molecule has 4 nitrogen and oxygen atoms in total. The molecule has 0 radical (unpaired) electrons. The van der Waals surface area contributed by atoms with Gasteiger partial charge in [0, 0.05) is 19.3 Å². The summed E-state index contributed by atoms with van der Waals surface area (Å²) >= 11 is 0. The monoisotopic (exact) mass is 369 g/mol. The van der Waals surface area contributed by atoms with Crippen LogP contribution in [0.4, 0.5) is 18.0 Å². The minimum Gasteiger partial charge on any atom is -0.296 e. The first-order valence-electron chi connectivity index (χ1n) is 8.44. The van der Waals surface area contributed by atoms with Crippen molar-refractivity contribution in [2.45, 2.75) is 40.3 Å². The molecule has 1 aliphatic rings. The van der Waals surface area contributed by atoms with E-state index in [0.29, 0.717) is 12.2 Å². The number of nitrogens with zero attached hydrogens (tertiary/aromatic N) is 3. The Morgan fingerprint density at radius 1 is 1.31 bits per heavy atom. The Morgan fingerprint density at radius 2 is 1.96 bits per heavy atom. The minimum absolute atomic E-state index is 0.0971. The van der Waals surface area contributed by atoms with Crippen LogP contribution in [0, 0.1) is 5.92 Å². The molecule has 1 rings (SSSR count). The summed E-state index contributed by atoms with van der Waals surface area (Å²) in [5.74, 6) is 0.188. The van der Waals surface area contributed by atoms with Crippen LogP contribution >= 0.6 is 0 Å². The van der Waals surface area contributed by atoms with E-state index in [1.165, 1.54) is 23.0 Å². The molecule has 0 spiro atoms. The van der Waals surface area contributed by atoms with Gasteiger partial charge in [-0.15, -0.1) is 0 Å². The average molecular weight is 369 g/mol. The lowest BCUT2D eigenvalue weighted by Crippen LogP contribution is -2.39. The van der Waals surface area contributed by atoms with Gasteiger partial charge in [-0.05, 0) is 43.9 Å². The van der Waals surface area contributed by atoms with E-state index >= 15 is 0 Å². The average Bonchev–Trinajstić information content (AvgIpc) is 2.82. The summed E-state index contributed by atoms with van der Waals surface area (Å²) in [4.78, 5) is 14.1. The molecule has 1 aliphatic carbocycles. The molecule has 0 aromatic carbocycles. The first-order chi connectivity index (χ1) is 12.1. The van der Waals surface area contributed by atoms with Crippen LogP contribution in [0.5, 0.6) is 0 Å². The molecule has 0 atom stereocenters. The molecule has 0 aromatic heterocycles. The van der Waals surface area contributed by atoms with Crippen LogP contribution in [0.3, 0.4) is 0 Å². The highest BCUT2D eigenvalue weighted by atomic mass is 19.4. The molecule has 0 saturated heterocycles.